The van der Waals surface area contributed by atoms with Crippen LogP contribution in [0.2, 0.25) is 0 Å². The van der Waals surface area contributed by atoms with E-state index in [-0.39, 0.29) is 6.42 Å². The maximum Gasteiger partial charge on any atom is 0.308 e. The lowest BCUT2D eigenvalue weighted by molar-refractivity contribution is -0.136. The first-order valence-electron chi connectivity index (χ1n) is 10.5. The van der Waals surface area contributed by atoms with Crippen LogP contribution < -0.4 is 4.90 Å². The monoisotopic (exact) mass is 390 g/mol. The standard InChI is InChI=1S/C23H26N4O2/c1-16-18(13-21(28)29)22(26-12-11-23(15-26)9-5-6-10-23)27-20(24-16)14-19(25-27)17-7-3-2-4-8-17/h2-4,7-8,14H,5-6,9-13,15H2,1H3,(H,28,29). The van der Waals surface area contributed by atoms with E-state index in [9.17, 15) is 9.90 Å². The van der Waals surface area contributed by atoms with E-state index in [4.69, 9.17) is 10.1 Å². The molecule has 150 valence electrons. The number of carboxylic acids is 1. The highest BCUT2D eigenvalue weighted by Crippen LogP contribution is 2.47. The Morgan fingerprint density at radius 3 is 2.66 bits per heavy atom. The summed E-state index contributed by atoms with van der Waals surface area (Å²) in [4.78, 5) is 18.7. The number of anilines is 1. The van der Waals surface area contributed by atoms with Crippen molar-refractivity contribution in [3.63, 3.8) is 0 Å². The molecular weight excluding hydrogens is 364 g/mol. The van der Waals surface area contributed by atoms with E-state index in [0.717, 1.165) is 47.1 Å². The maximum absolute atomic E-state index is 11.6. The summed E-state index contributed by atoms with van der Waals surface area (Å²) in [5.74, 6) is 0.0848. The van der Waals surface area contributed by atoms with E-state index in [1.807, 2.05) is 47.8 Å². The molecule has 5 rings (SSSR count). The van der Waals surface area contributed by atoms with E-state index >= 15 is 0 Å². The predicted molar refractivity (Wildman–Crippen MR) is 112 cm³/mol. The van der Waals surface area contributed by atoms with Crippen LogP contribution in [-0.2, 0) is 11.2 Å². The lowest BCUT2D eigenvalue weighted by atomic mass is 9.86. The molecule has 2 aromatic heterocycles. The third kappa shape index (κ3) is 3.16. The molecule has 2 fully saturated rings. The Kier molecular flexibility index (Phi) is 4.30. The van der Waals surface area contributed by atoms with Crippen LogP contribution in [0.15, 0.2) is 36.4 Å². The lowest BCUT2D eigenvalue weighted by Crippen LogP contribution is -2.28. The smallest absolute Gasteiger partial charge is 0.308 e. The van der Waals surface area contributed by atoms with Gasteiger partial charge in [-0.05, 0) is 31.6 Å². The zero-order valence-corrected chi connectivity index (χ0v) is 16.8. The summed E-state index contributed by atoms with van der Waals surface area (Å²) in [6, 6.07) is 12.1. The van der Waals surface area contributed by atoms with Crippen molar-refractivity contribution >= 4 is 17.4 Å². The Bertz CT molecular complexity index is 1070. The summed E-state index contributed by atoms with van der Waals surface area (Å²) in [6.45, 7) is 3.85. The summed E-state index contributed by atoms with van der Waals surface area (Å²) in [6.07, 6.45) is 6.31. The number of benzene rings is 1. The molecule has 1 aliphatic heterocycles. The molecule has 1 saturated carbocycles. The number of hydrogen-bond donors (Lipinski definition) is 1. The Morgan fingerprint density at radius 1 is 1.17 bits per heavy atom. The summed E-state index contributed by atoms with van der Waals surface area (Å²) in [7, 11) is 0. The number of carbonyl (C=O) groups is 1. The largest absolute Gasteiger partial charge is 0.481 e. The average Bonchev–Trinajstić information content (AvgIpc) is 3.44. The Morgan fingerprint density at radius 2 is 1.93 bits per heavy atom. The van der Waals surface area contributed by atoms with Crippen LogP contribution in [0, 0.1) is 12.3 Å². The van der Waals surface area contributed by atoms with Gasteiger partial charge in [0, 0.05) is 36.0 Å². The van der Waals surface area contributed by atoms with Crippen molar-refractivity contribution in [2.45, 2.75) is 45.4 Å². The highest BCUT2D eigenvalue weighted by Gasteiger charge is 2.41. The third-order valence-electron chi connectivity index (χ3n) is 6.68. The second-order valence-corrected chi connectivity index (χ2v) is 8.61. The zero-order valence-electron chi connectivity index (χ0n) is 16.8. The van der Waals surface area contributed by atoms with Crippen molar-refractivity contribution in [2.75, 3.05) is 18.0 Å². The van der Waals surface area contributed by atoms with Crippen LogP contribution >= 0.6 is 0 Å². The van der Waals surface area contributed by atoms with E-state index in [1.165, 1.54) is 32.1 Å². The highest BCUT2D eigenvalue weighted by atomic mass is 16.4. The lowest BCUT2D eigenvalue weighted by Gasteiger charge is -2.26. The van der Waals surface area contributed by atoms with Crippen LogP contribution in [0.4, 0.5) is 5.82 Å². The molecule has 0 atom stereocenters. The fourth-order valence-corrected chi connectivity index (χ4v) is 5.22. The molecule has 2 aliphatic rings. The molecule has 29 heavy (non-hydrogen) atoms. The number of nitrogens with zero attached hydrogens (tertiary/aromatic N) is 4. The van der Waals surface area contributed by atoms with Gasteiger partial charge in [-0.3, -0.25) is 4.79 Å². The van der Waals surface area contributed by atoms with Crippen molar-refractivity contribution in [1.82, 2.24) is 14.6 Å². The minimum absolute atomic E-state index is 0.0336. The molecule has 0 bridgehead atoms. The van der Waals surface area contributed by atoms with Gasteiger partial charge in [0.25, 0.3) is 0 Å². The van der Waals surface area contributed by atoms with Gasteiger partial charge in [0.05, 0.1) is 12.1 Å². The van der Waals surface area contributed by atoms with Crippen LogP contribution in [0.5, 0.6) is 0 Å². The Balaban J connectivity index is 1.66. The van der Waals surface area contributed by atoms with Gasteiger partial charge in [-0.15, -0.1) is 0 Å². The Labute approximate surface area is 170 Å². The average molecular weight is 390 g/mol. The molecule has 1 saturated heterocycles. The number of rotatable bonds is 4. The molecule has 0 radical (unpaired) electrons. The minimum Gasteiger partial charge on any atom is -0.481 e. The molecule has 6 nitrogen and oxygen atoms in total. The van der Waals surface area contributed by atoms with Gasteiger partial charge in [0.15, 0.2) is 5.65 Å². The molecule has 1 N–H and O–H groups in total. The topological polar surface area (TPSA) is 70.7 Å². The van der Waals surface area contributed by atoms with Crippen molar-refractivity contribution < 1.29 is 9.90 Å². The van der Waals surface area contributed by atoms with Crippen LogP contribution in [0.3, 0.4) is 0 Å². The first kappa shape index (κ1) is 18.2. The van der Waals surface area contributed by atoms with Gasteiger partial charge in [0.1, 0.15) is 5.82 Å². The fourth-order valence-electron chi connectivity index (χ4n) is 5.22. The van der Waals surface area contributed by atoms with Crippen molar-refractivity contribution in [3.8, 4) is 11.3 Å². The van der Waals surface area contributed by atoms with Crippen LogP contribution in [0.25, 0.3) is 16.9 Å². The van der Waals surface area contributed by atoms with Crippen LogP contribution in [-0.4, -0.2) is 38.8 Å². The van der Waals surface area contributed by atoms with Gasteiger partial charge >= 0.3 is 5.97 Å². The quantitative estimate of drug-likeness (QED) is 0.726. The second kappa shape index (κ2) is 6.87. The zero-order chi connectivity index (χ0) is 20.0. The van der Waals surface area contributed by atoms with E-state index in [2.05, 4.69) is 4.90 Å². The SMILES string of the molecule is Cc1nc2cc(-c3ccccc3)nn2c(N2CCC3(CCCC3)C2)c1CC(=O)O. The van der Waals surface area contributed by atoms with E-state index < -0.39 is 5.97 Å². The summed E-state index contributed by atoms with van der Waals surface area (Å²) in [5, 5.41) is 14.4. The molecular formula is C23H26N4O2. The second-order valence-electron chi connectivity index (χ2n) is 8.61. The van der Waals surface area contributed by atoms with E-state index in [1.54, 1.807) is 0 Å². The molecule has 1 spiro atoms. The molecule has 0 amide bonds. The fraction of sp³-hybridized carbons (Fsp3) is 0.435. The van der Waals surface area contributed by atoms with Gasteiger partial charge in [-0.1, -0.05) is 43.2 Å². The number of aliphatic carboxylic acids is 1. The highest BCUT2D eigenvalue weighted by molar-refractivity contribution is 5.75. The minimum atomic E-state index is -0.833. The van der Waals surface area contributed by atoms with Gasteiger partial charge in [0.2, 0.25) is 0 Å². The molecule has 3 heterocycles. The normalized spacial score (nSPS) is 18.2. The van der Waals surface area contributed by atoms with Crippen LogP contribution in [0.1, 0.15) is 43.4 Å². The van der Waals surface area contributed by atoms with Gasteiger partial charge in [-0.2, -0.15) is 9.61 Å². The van der Waals surface area contributed by atoms with Crippen molar-refractivity contribution in [3.05, 3.63) is 47.7 Å². The summed E-state index contributed by atoms with van der Waals surface area (Å²) >= 11 is 0. The van der Waals surface area contributed by atoms with Crippen molar-refractivity contribution in [1.29, 1.82) is 0 Å². The number of aryl methyl sites for hydroxylation is 1. The molecule has 1 aromatic carbocycles. The first-order chi connectivity index (χ1) is 14.0. The van der Waals surface area contributed by atoms with E-state index in [0.29, 0.717) is 5.41 Å². The number of fused-ring (bicyclic) bond motifs is 1. The molecule has 3 aromatic rings. The maximum atomic E-state index is 11.6. The first-order valence-corrected chi connectivity index (χ1v) is 10.5. The number of carboxylic acid groups (broad SMARTS) is 1. The Hall–Kier alpha value is -2.89. The van der Waals surface area contributed by atoms with Crippen molar-refractivity contribution in [2.24, 2.45) is 5.41 Å². The summed E-state index contributed by atoms with van der Waals surface area (Å²) < 4.78 is 1.88. The number of hydrogen-bond acceptors (Lipinski definition) is 4. The number of aromatic nitrogens is 3. The van der Waals surface area contributed by atoms with Gasteiger partial charge in [-0.25, -0.2) is 4.98 Å². The third-order valence-corrected chi connectivity index (χ3v) is 6.68. The molecule has 6 heteroatoms. The summed E-state index contributed by atoms with van der Waals surface area (Å²) in [5.41, 5.74) is 4.62. The predicted octanol–water partition coefficient (Wildman–Crippen LogP) is 4.10. The molecule has 0 unspecified atom stereocenters. The molecule has 1 aliphatic carbocycles. The van der Waals surface area contributed by atoms with Gasteiger partial charge < -0.3 is 10.0 Å².